The van der Waals surface area contributed by atoms with Gasteiger partial charge in [-0.15, -0.1) is 0 Å². The fourth-order valence-corrected chi connectivity index (χ4v) is 8.07. The van der Waals surface area contributed by atoms with Gasteiger partial charge in [-0.1, -0.05) is 229 Å². The standard InChI is InChI=1S/C70H107O11P/c1-4-7-10-13-16-19-22-25-28-31-33-36-38-41-44-47-50-53-56-59-68(72)77-63-67(81-70(74)61-58-55-52-49-46-43-40-37-34-32-29-26-23-20-17-14-11-8-5-2)65-79-82(75,76)78-64-66(62-71)80-69(73)60-57-54-51-48-45-42-39-35-30-27-24-21-18-15-12-9-6-3/h7-12,16-21,25-30,33-34,36-37,39,41-42,44,48,50-51,53,66-67,71H,4-6,13-15,22-24,31-32,35,38,40,43,45-47,49,52,54-65H2,1-3H3,(H,75,76)/b10-7-,11-8-,12-9-,19-16-,20-17-,21-18-,28-25-,29-26-,30-27-,36-33-,37-34-,42-39-,44-41-,51-48-,53-50-. The molecule has 0 bridgehead atoms. The Balaban J connectivity index is 4.94. The van der Waals surface area contributed by atoms with Crippen LogP contribution in [-0.2, 0) is 42.2 Å². The molecule has 0 heterocycles. The Morgan fingerprint density at radius 3 is 1.01 bits per heavy atom. The van der Waals surface area contributed by atoms with Gasteiger partial charge in [0, 0.05) is 19.3 Å². The summed E-state index contributed by atoms with van der Waals surface area (Å²) in [7, 11) is -4.80. The predicted octanol–water partition coefficient (Wildman–Crippen LogP) is 18.8. The van der Waals surface area contributed by atoms with E-state index in [1.165, 1.54) is 0 Å². The maximum absolute atomic E-state index is 12.9. The number of aliphatic hydroxyl groups is 1. The monoisotopic (exact) mass is 1150 g/mol. The molecule has 0 saturated heterocycles. The SMILES string of the molecule is CC/C=C\C/C=C\C/C=C\C/C=C\C/C=C\C/C=C\CCC(=O)OCC(COP(=O)(O)OCC(CO)OC(=O)CCC/C=C\C/C=C\C/C=C\C/C=C\C/C=C\CC)OC(=O)CCCCCCCC/C=C\C/C=C\C/C=C\C/C=C\CC. The molecule has 0 radical (unpaired) electrons. The van der Waals surface area contributed by atoms with Crippen LogP contribution in [0.2, 0.25) is 0 Å². The minimum absolute atomic E-state index is 0.0819. The average molecular weight is 1160 g/mol. The molecule has 0 aliphatic carbocycles. The smallest absolute Gasteiger partial charge is 0.462 e. The van der Waals surface area contributed by atoms with E-state index in [1.54, 1.807) is 0 Å². The van der Waals surface area contributed by atoms with Gasteiger partial charge in [0.05, 0.1) is 19.8 Å². The molecule has 2 N–H and O–H groups in total. The number of hydrogen-bond donors (Lipinski definition) is 2. The van der Waals surface area contributed by atoms with E-state index in [9.17, 15) is 28.9 Å². The third-order valence-electron chi connectivity index (χ3n) is 11.8. The second-order valence-corrected chi connectivity index (χ2v) is 20.8. The highest BCUT2D eigenvalue weighted by molar-refractivity contribution is 7.47. The van der Waals surface area contributed by atoms with E-state index < -0.39 is 64.4 Å². The third kappa shape index (κ3) is 59.2. The molecule has 0 amide bonds. The molecule has 3 atom stereocenters. The van der Waals surface area contributed by atoms with E-state index >= 15 is 0 Å². The van der Waals surface area contributed by atoms with Crippen molar-refractivity contribution in [3.63, 3.8) is 0 Å². The van der Waals surface area contributed by atoms with Crippen LogP contribution in [0.25, 0.3) is 0 Å². The number of hydrogen-bond acceptors (Lipinski definition) is 10. The Labute approximate surface area is 497 Å². The topological polar surface area (TPSA) is 155 Å². The van der Waals surface area contributed by atoms with Crippen molar-refractivity contribution in [1.82, 2.24) is 0 Å². The maximum Gasteiger partial charge on any atom is 0.472 e. The zero-order valence-electron chi connectivity index (χ0n) is 50.6. The Morgan fingerprint density at radius 1 is 0.341 bits per heavy atom. The highest BCUT2D eigenvalue weighted by Crippen LogP contribution is 2.43. The number of rotatable bonds is 54. The molecule has 0 saturated carbocycles. The van der Waals surface area contributed by atoms with Gasteiger partial charge in [-0.25, -0.2) is 4.57 Å². The number of phosphoric acid groups is 1. The van der Waals surface area contributed by atoms with Crippen LogP contribution in [0, 0.1) is 0 Å². The van der Waals surface area contributed by atoms with E-state index in [-0.39, 0.29) is 19.3 Å². The zero-order valence-corrected chi connectivity index (χ0v) is 51.5. The summed E-state index contributed by atoms with van der Waals surface area (Å²) in [4.78, 5) is 48.7. The number of phosphoric ester groups is 1. The fraction of sp³-hybridized carbons (Fsp3) is 0.529. The summed E-state index contributed by atoms with van der Waals surface area (Å²) in [6.45, 7) is 4.11. The van der Waals surface area contributed by atoms with Crippen molar-refractivity contribution in [2.75, 3.05) is 26.4 Å². The molecule has 458 valence electrons. The van der Waals surface area contributed by atoms with E-state index in [1.807, 2.05) is 24.3 Å². The molecule has 0 aromatic heterocycles. The van der Waals surface area contributed by atoms with Gasteiger partial charge in [0.15, 0.2) is 6.10 Å². The average Bonchev–Trinajstić information content (AvgIpc) is 3.47. The zero-order chi connectivity index (χ0) is 59.8. The number of ether oxygens (including phenoxy) is 3. The van der Waals surface area contributed by atoms with E-state index in [0.29, 0.717) is 25.7 Å². The summed E-state index contributed by atoms with van der Waals surface area (Å²) in [6.07, 6.45) is 84.4. The largest absolute Gasteiger partial charge is 0.472 e. The van der Waals surface area contributed by atoms with Crippen molar-refractivity contribution in [1.29, 1.82) is 0 Å². The third-order valence-corrected chi connectivity index (χ3v) is 12.8. The molecule has 0 aliphatic rings. The number of allylic oxidation sites excluding steroid dienone is 30. The van der Waals surface area contributed by atoms with Crippen molar-refractivity contribution >= 4 is 25.7 Å². The first-order valence-corrected chi connectivity index (χ1v) is 32.2. The number of carbonyl (C=O) groups is 3. The molecule has 0 rings (SSSR count). The van der Waals surface area contributed by atoms with Crippen molar-refractivity contribution < 1.29 is 52.2 Å². The van der Waals surface area contributed by atoms with E-state index in [2.05, 4.69) is 179 Å². The van der Waals surface area contributed by atoms with Crippen LogP contribution in [0.4, 0.5) is 0 Å². The van der Waals surface area contributed by atoms with Crippen LogP contribution >= 0.6 is 7.82 Å². The van der Waals surface area contributed by atoms with Gasteiger partial charge < -0.3 is 24.2 Å². The summed E-state index contributed by atoms with van der Waals surface area (Å²) >= 11 is 0. The Bertz CT molecular complexity index is 2080. The molecule has 3 unspecified atom stereocenters. The summed E-state index contributed by atoms with van der Waals surface area (Å²) < 4.78 is 39.5. The molecule has 0 aliphatic heterocycles. The lowest BCUT2D eigenvalue weighted by Crippen LogP contribution is -2.30. The Morgan fingerprint density at radius 2 is 0.634 bits per heavy atom. The van der Waals surface area contributed by atoms with Crippen LogP contribution in [-0.4, -0.2) is 66.5 Å². The van der Waals surface area contributed by atoms with Gasteiger partial charge in [-0.3, -0.25) is 23.4 Å². The summed E-state index contributed by atoms with van der Waals surface area (Å²) in [5.74, 6) is -1.67. The summed E-state index contributed by atoms with van der Waals surface area (Å²) in [5, 5.41) is 9.83. The van der Waals surface area contributed by atoms with Gasteiger partial charge in [0.2, 0.25) is 0 Å². The lowest BCUT2D eigenvalue weighted by atomic mass is 10.1. The summed E-state index contributed by atoms with van der Waals surface area (Å²) in [6, 6.07) is 0. The van der Waals surface area contributed by atoms with Crippen molar-refractivity contribution in [2.45, 2.75) is 213 Å². The molecule has 0 aromatic rings. The first-order chi connectivity index (χ1) is 40.2. The van der Waals surface area contributed by atoms with Gasteiger partial charge in [0.1, 0.15) is 12.7 Å². The van der Waals surface area contributed by atoms with Gasteiger partial charge in [-0.05, 0) is 135 Å². The van der Waals surface area contributed by atoms with Crippen molar-refractivity contribution in [3.05, 3.63) is 182 Å². The van der Waals surface area contributed by atoms with Crippen LogP contribution in [0.3, 0.4) is 0 Å². The molecular weight excluding hydrogens is 1050 g/mol. The van der Waals surface area contributed by atoms with Crippen LogP contribution in [0.1, 0.15) is 201 Å². The van der Waals surface area contributed by atoms with Crippen molar-refractivity contribution in [2.24, 2.45) is 0 Å². The van der Waals surface area contributed by atoms with Gasteiger partial charge in [0.25, 0.3) is 0 Å². The van der Waals surface area contributed by atoms with Crippen LogP contribution in [0.15, 0.2) is 182 Å². The van der Waals surface area contributed by atoms with Crippen molar-refractivity contribution in [3.8, 4) is 0 Å². The van der Waals surface area contributed by atoms with Gasteiger partial charge >= 0.3 is 25.7 Å². The second kappa shape index (κ2) is 61.6. The summed E-state index contributed by atoms with van der Waals surface area (Å²) in [5.41, 5.74) is 0. The molecule has 11 nitrogen and oxygen atoms in total. The molecule has 0 fully saturated rings. The Hall–Kier alpha value is -5.42. The lowest BCUT2D eigenvalue weighted by molar-refractivity contribution is -0.161. The van der Waals surface area contributed by atoms with Gasteiger partial charge in [-0.2, -0.15) is 0 Å². The van der Waals surface area contributed by atoms with Crippen LogP contribution in [0.5, 0.6) is 0 Å². The minimum atomic E-state index is -4.80. The minimum Gasteiger partial charge on any atom is -0.462 e. The molecular formula is C70H107O11P. The highest BCUT2D eigenvalue weighted by atomic mass is 31.2. The number of carbonyl (C=O) groups excluding carboxylic acids is 3. The normalized spacial score (nSPS) is 14.5. The first-order valence-electron chi connectivity index (χ1n) is 30.7. The Kier molecular flexibility index (Phi) is 57.6. The van der Waals surface area contributed by atoms with E-state index in [0.717, 1.165) is 135 Å². The molecule has 0 spiro atoms. The molecule has 12 heteroatoms. The number of unbranched alkanes of at least 4 members (excludes halogenated alkanes) is 7. The first kappa shape index (κ1) is 76.6. The fourth-order valence-electron chi connectivity index (χ4n) is 7.29. The van der Waals surface area contributed by atoms with E-state index in [4.69, 9.17) is 23.3 Å². The quantitative estimate of drug-likeness (QED) is 0.0197. The predicted molar refractivity (Wildman–Crippen MR) is 343 cm³/mol. The second-order valence-electron chi connectivity index (χ2n) is 19.4. The molecule has 82 heavy (non-hydrogen) atoms. The number of esters is 3. The van der Waals surface area contributed by atoms with Crippen LogP contribution < -0.4 is 0 Å². The highest BCUT2D eigenvalue weighted by Gasteiger charge is 2.28. The number of aliphatic hydroxyl groups excluding tert-OH is 1. The maximum atomic E-state index is 12.9. The molecule has 0 aromatic carbocycles. The lowest BCUT2D eigenvalue weighted by Gasteiger charge is -2.21.